The number of fused-ring (bicyclic) bond motifs is 1. The third kappa shape index (κ3) is 6.14. The molecule has 2 fully saturated rings. The van der Waals surface area contributed by atoms with Crippen LogP contribution in [0.15, 0.2) is 89.5 Å². The molecular weight excluding hydrogens is 591 g/mol. The van der Waals surface area contributed by atoms with Crippen LogP contribution in [-0.4, -0.2) is 40.6 Å². The molecule has 2 unspecified atom stereocenters. The van der Waals surface area contributed by atoms with Crippen LogP contribution >= 0.6 is 0 Å². The third-order valence-electron chi connectivity index (χ3n) is 9.11. The van der Waals surface area contributed by atoms with E-state index in [2.05, 4.69) is 4.98 Å². The van der Waals surface area contributed by atoms with Gasteiger partial charge in [-0.15, -0.1) is 0 Å². The van der Waals surface area contributed by atoms with E-state index in [0.29, 0.717) is 46.7 Å². The summed E-state index contributed by atoms with van der Waals surface area (Å²) < 4.78 is 47.8. The van der Waals surface area contributed by atoms with Gasteiger partial charge in [0.05, 0.1) is 0 Å². The fraction of sp³-hybridized carbons (Fsp3) is 0.270. The molecule has 1 saturated heterocycles. The highest BCUT2D eigenvalue weighted by Crippen LogP contribution is 2.48. The molecule has 1 saturated carbocycles. The summed E-state index contributed by atoms with van der Waals surface area (Å²) >= 11 is 0. The Labute approximate surface area is 264 Å². The van der Waals surface area contributed by atoms with Crippen molar-refractivity contribution < 1.29 is 27.2 Å². The number of piperidine rings is 1. The van der Waals surface area contributed by atoms with Crippen LogP contribution in [0.3, 0.4) is 0 Å². The normalized spacial score (nSPS) is 18.9. The minimum Gasteiger partial charge on any atom is -0.460 e. The molecule has 0 spiro atoms. The standard InChI is InChI=1S/C37H32F3N3O3/c38-28-3-1-2-24(17-28)31-19-26(22-4-6-23(7-5-22)36(45)43-14-12-37(39,40)13-15-43)16-27-18-29(46-35(27)31)9-10-33(44)32-20-30(32)25-8-11-34(41)42-21-25/h1-8,11,16-19,21,30,32H,9-10,12-15,20H2,(H2,41,42). The predicted octanol–water partition coefficient (Wildman–Crippen LogP) is 8.06. The first-order valence-corrected chi connectivity index (χ1v) is 15.5. The van der Waals surface area contributed by atoms with Gasteiger partial charge in [-0.1, -0.05) is 30.3 Å². The lowest BCUT2D eigenvalue weighted by Gasteiger charge is -2.31. The summed E-state index contributed by atoms with van der Waals surface area (Å²) in [5, 5.41) is 0.811. The monoisotopic (exact) mass is 623 g/mol. The Kier molecular flexibility index (Phi) is 7.63. The first-order valence-electron chi connectivity index (χ1n) is 15.5. The van der Waals surface area contributed by atoms with E-state index < -0.39 is 5.92 Å². The molecule has 2 N–H and O–H groups in total. The van der Waals surface area contributed by atoms with Crippen molar-refractivity contribution in [1.29, 1.82) is 0 Å². The third-order valence-corrected chi connectivity index (χ3v) is 9.11. The van der Waals surface area contributed by atoms with Gasteiger partial charge in [-0.2, -0.15) is 0 Å². The van der Waals surface area contributed by atoms with Gasteiger partial charge in [-0.05, 0) is 83.1 Å². The number of benzene rings is 3. The van der Waals surface area contributed by atoms with E-state index in [0.717, 1.165) is 28.5 Å². The van der Waals surface area contributed by atoms with E-state index in [9.17, 15) is 22.8 Å². The molecule has 6 nitrogen and oxygen atoms in total. The Morgan fingerprint density at radius 3 is 2.43 bits per heavy atom. The van der Waals surface area contributed by atoms with E-state index in [-0.39, 0.29) is 55.3 Å². The minimum absolute atomic E-state index is 0.0248. The summed E-state index contributed by atoms with van der Waals surface area (Å²) in [6, 6.07) is 22.9. The summed E-state index contributed by atoms with van der Waals surface area (Å²) in [5.41, 5.74) is 10.8. The van der Waals surface area contributed by atoms with Gasteiger partial charge in [0.1, 0.15) is 28.8 Å². The van der Waals surface area contributed by atoms with E-state index in [1.54, 1.807) is 30.5 Å². The number of aryl methyl sites for hydroxylation is 1. The molecule has 1 amide bonds. The second kappa shape index (κ2) is 11.8. The Balaban J connectivity index is 1.12. The highest BCUT2D eigenvalue weighted by molar-refractivity contribution is 5.98. The van der Waals surface area contributed by atoms with E-state index in [1.807, 2.05) is 42.5 Å². The van der Waals surface area contributed by atoms with Crippen LogP contribution < -0.4 is 5.73 Å². The number of nitrogens with zero attached hydrogens (tertiary/aromatic N) is 2. The molecule has 1 aliphatic heterocycles. The van der Waals surface area contributed by atoms with Crippen LogP contribution in [0.4, 0.5) is 19.0 Å². The van der Waals surface area contributed by atoms with Crippen molar-refractivity contribution in [3.05, 3.63) is 108 Å². The maximum absolute atomic E-state index is 14.3. The second-order valence-electron chi connectivity index (χ2n) is 12.3. The summed E-state index contributed by atoms with van der Waals surface area (Å²) in [4.78, 5) is 31.6. The predicted molar refractivity (Wildman–Crippen MR) is 170 cm³/mol. The number of pyridine rings is 1. The number of alkyl halides is 2. The Bertz CT molecular complexity index is 1930. The fourth-order valence-electron chi connectivity index (χ4n) is 6.38. The van der Waals surface area contributed by atoms with Crippen LogP contribution in [0.5, 0.6) is 0 Å². The fourth-order valence-corrected chi connectivity index (χ4v) is 6.38. The number of halogens is 3. The number of hydrogen-bond donors (Lipinski definition) is 1. The number of anilines is 1. The van der Waals surface area contributed by atoms with Gasteiger partial charge in [0, 0.05) is 67.4 Å². The van der Waals surface area contributed by atoms with Crippen molar-refractivity contribution in [2.75, 3.05) is 18.8 Å². The maximum Gasteiger partial charge on any atom is 0.253 e. The zero-order valence-electron chi connectivity index (χ0n) is 25.0. The number of furan rings is 1. The molecule has 9 heteroatoms. The SMILES string of the molecule is Nc1ccc(C2CC2C(=O)CCc2cc3cc(-c4ccc(C(=O)N5CCC(F)(F)CC5)cc4)cc(-c4cccc(F)c4)c3o2)cn1. The van der Waals surface area contributed by atoms with E-state index in [1.165, 1.54) is 17.0 Å². The summed E-state index contributed by atoms with van der Waals surface area (Å²) in [6.07, 6.45) is 2.66. The van der Waals surface area contributed by atoms with Crippen molar-refractivity contribution in [2.45, 2.75) is 43.9 Å². The molecule has 234 valence electrons. The first kappa shape index (κ1) is 29.8. The Morgan fingerprint density at radius 2 is 1.72 bits per heavy atom. The number of Topliss-reactive ketones (excluding diaryl/α,β-unsaturated/α-hetero) is 1. The van der Waals surface area contributed by atoms with Gasteiger partial charge in [0.15, 0.2) is 0 Å². The molecule has 0 bridgehead atoms. The molecule has 3 aromatic carbocycles. The average molecular weight is 624 g/mol. The van der Waals surface area contributed by atoms with E-state index in [4.69, 9.17) is 10.2 Å². The van der Waals surface area contributed by atoms with Gasteiger partial charge < -0.3 is 15.1 Å². The van der Waals surface area contributed by atoms with Crippen molar-refractivity contribution in [3.8, 4) is 22.3 Å². The lowest BCUT2D eigenvalue weighted by Crippen LogP contribution is -2.42. The number of carbonyl (C=O) groups is 2. The number of amides is 1. The number of likely N-dealkylation sites (tertiary alicyclic amines) is 1. The Morgan fingerprint density at radius 1 is 0.935 bits per heavy atom. The van der Waals surface area contributed by atoms with E-state index >= 15 is 0 Å². The Hall–Kier alpha value is -4.92. The zero-order chi connectivity index (χ0) is 32.0. The lowest BCUT2D eigenvalue weighted by atomic mass is 9.96. The first-order chi connectivity index (χ1) is 22.1. The van der Waals surface area contributed by atoms with Crippen molar-refractivity contribution in [3.63, 3.8) is 0 Å². The number of aromatic nitrogens is 1. The molecule has 46 heavy (non-hydrogen) atoms. The number of nitrogens with two attached hydrogens (primary N) is 1. The lowest BCUT2D eigenvalue weighted by molar-refractivity contribution is -0.120. The minimum atomic E-state index is -2.72. The van der Waals surface area contributed by atoms with Gasteiger partial charge in [0.25, 0.3) is 11.8 Å². The van der Waals surface area contributed by atoms with Gasteiger partial charge in [0.2, 0.25) is 0 Å². The molecule has 2 aliphatic rings. The van der Waals surface area contributed by atoms with Crippen LogP contribution in [0.1, 0.15) is 53.3 Å². The molecular formula is C37H32F3N3O3. The van der Waals surface area contributed by atoms with Crippen LogP contribution in [0.25, 0.3) is 33.2 Å². The number of carbonyl (C=O) groups excluding carboxylic acids is 2. The second-order valence-corrected chi connectivity index (χ2v) is 12.3. The molecule has 2 aromatic heterocycles. The number of rotatable bonds is 8. The zero-order valence-corrected chi connectivity index (χ0v) is 25.0. The molecule has 3 heterocycles. The molecule has 5 aromatic rings. The average Bonchev–Trinajstić information content (AvgIpc) is 3.75. The highest BCUT2D eigenvalue weighted by atomic mass is 19.3. The number of nitrogen functional groups attached to an aromatic ring is 1. The highest BCUT2D eigenvalue weighted by Gasteiger charge is 2.43. The number of ketones is 1. The number of hydrogen-bond acceptors (Lipinski definition) is 5. The van der Waals surface area contributed by atoms with Gasteiger partial charge in [-0.25, -0.2) is 18.2 Å². The largest absolute Gasteiger partial charge is 0.460 e. The smallest absolute Gasteiger partial charge is 0.253 e. The topological polar surface area (TPSA) is 89.4 Å². The van der Waals surface area contributed by atoms with Crippen molar-refractivity contribution in [1.82, 2.24) is 9.88 Å². The van der Waals surface area contributed by atoms with Crippen molar-refractivity contribution >= 4 is 28.5 Å². The van der Waals surface area contributed by atoms with Gasteiger partial charge >= 0.3 is 0 Å². The quantitative estimate of drug-likeness (QED) is 0.189. The summed E-state index contributed by atoms with van der Waals surface area (Å²) in [5.74, 6) is -1.93. The van der Waals surface area contributed by atoms with Crippen LogP contribution in [0, 0.1) is 11.7 Å². The summed E-state index contributed by atoms with van der Waals surface area (Å²) in [6.45, 7) is 0.0495. The maximum atomic E-state index is 14.3. The summed E-state index contributed by atoms with van der Waals surface area (Å²) in [7, 11) is 0. The van der Waals surface area contributed by atoms with Crippen LogP contribution in [0.2, 0.25) is 0 Å². The molecule has 7 rings (SSSR count). The van der Waals surface area contributed by atoms with Crippen molar-refractivity contribution in [2.24, 2.45) is 5.92 Å². The molecule has 2 atom stereocenters. The molecule has 0 radical (unpaired) electrons. The van der Waals surface area contributed by atoms with Crippen LogP contribution in [-0.2, 0) is 11.2 Å². The molecule has 1 aliphatic carbocycles. The van der Waals surface area contributed by atoms with Gasteiger partial charge in [-0.3, -0.25) is 9.59 Å².